The van der Waals surface area contributed by atoms with Gasteiger partial charge in [0.2, 0.25) is 0 Å². The number of fused-ring (bicyclic) bond motifs is 1. The van der Waals surface area contributed by atoms with Gasteiger partial charge in [-0.25, -0.2) is 0 Å². The molecule has 4 nitrogen and oxygen atoms in total. The van der Waals surface area contributed by atoms with E-state index in [0.717, 1.165) is 0 Å². The Morgan fingerprint density at radius 2 is 2.00 bits per heavy atom. The molecule has 1 N–H and O–H groups in total. The van der Waals surface area contributed by atoms with Crippen molar-refractivity contribution in [3.05, 3.63) is 28.8 Å². The summed E-state index contributed by atoms with van der Waals surface area (Å²) in [4.78, 5) is 25.1. The zero-order valence-electron chi connectivity index (χ0n) is 10.2. The first-order valence-corrected chi connectivity index (χ1v) is 6.06. The summed E-state index contributed by atoms with van der Waals surface area (Å²) in [7, 11) is 0. The fraction of sp³-hybridized carbons (Fsp3) is 0.385. The van der Waals surface area contributed by atoms with Crippen LogP contribution < -0.4 is 4.90 Å². The summed E-state index contributed by atoms with van der Waals surface area (Å²) in [5.74, 6) is -1.16. The second-order valence-electron chi connectivity index (χ2n) is 4.98. The van der Waals surface area contributed by atoms with Gasteiger partial charge in [0.1, 0.15) is 0 Å². The Hall–Kier alpha value is -1.39. The van der Waals surface area contributed by atoms with Crippen LogP contribution in [0, 0.1) is 0 Å². The second kappa shape index (κ2) is 4.37. The molecule has 0 aromatic heterocycles. The van der Waals surface area contributed by atoms with Crippen LogP contribution in [0.3, 0.4) is 0 Å². The molecule has 0 atom stereocenters. The summed E-state index contributed by atoms with van der Waals surface area (Å²) in [6, 6.07) is 4.98. The van der Waals surface area contributed by atoms with Crippen molar-refractivity contribution in [1.29, 1.82) is 0 Å². The summed E-state index contributed by atoms with van der Waals surface area (Å²) < 4.78 is 0. The first kappa shape index (κ1) is 13.1. The van der Waals surface area contributed by atoms with E-state index in [9.17, 15) is 14.7 Å². The Bertz CT molecular complexity index is 519. The van der Waals surface area contributed by atoms with Crippen molar-refractivity contribution < 1.29 is 14.7 Å². The molecular formula is C13H14ClNO3. The largest absolute Gasteiger partial charge is 0.390 e. The SMILES string of the molecule is CC(C)(O)CCN1C(=O)C(=O)c2c(Cl)cccc21. The number of aliphatic hydroxyl groups is 1. The molecule has 0 unspecified atom stereocenters. The molecule has 1 amide bonds. The molecule has 1 heterocycles. The molecule has 0 spiro atoms. The summed E-state index contributed by atoms with van der Waals surface area (Å²) in [6.45, 7) is 3.61. The molecule has 96 valence electrons. The predicted octanol–water partition coefficient (Wildman–Crippen LogP) is 2.03. The quantitative estimate of drug-likeness (QED) is 0.853. The van der Waals surface area contributed by atoms with E-state index in [1.165, 1.54) is 4.90 Å². The average Bonchev–Trinajstić information content (AvgIpc) is 2.50. The number of amides is 1. The molecule has 0 aliphatic carbocycles. The molecule has 1 aromatic rings. The Morgan fingerprint density at radius 3 is 2.61 bits per heavy atom. The lowest BCUT2D eigenvalue weighted by molar-refractivity contribution is -0.114. The van der Waals surface area contributed by atoms with Crippen molar-refractivity contribution >= 4 is 29.0 Å². The van der Waals surface area contributed by atoms with E-state index in [2.05, 4.69) is 0 Å². The Kier molecular flexibility index (Phi) is 3.17. The van der Waals surface area contributed by atoms with Gasteiger partial charge in [-0.15, -0.1) is 0 Å². The van der Waals surface area contributed by atoms with E-state index in [0.29, 0.717) is 18.7 Å². The third-order valence-electron chi connectivity index (χ3n) is 2.90. The summed E-state index contributed by atoms with van der Waals surface area (Å²) >= 11 is 5.94. The Morgan fingerprint density at radius 1 is 1.33 bits per heavy atom. The fourth-order valence-electron chi connectivity index (χ4n) is 1.91. The number of hydrogen-bond donors (Lipinski definition) is 1. The highest BCUT2D eigenvalue weighted by Crippen LogP contribution is 2.34. The number of hydrogen-bond acceptors (Lipinski definition) is 3. The van der Waals surface area contributed by atoms with Crippen LogP contribution >= 0.6 is 11.6 Å². The number of halogens is 1. The van der Waals surface area contributed by atoms with Crippen LogP contribution in [0.25, 0.3) is 0 Å². The number of rotatable bonds is 3. The van der Waals surface area contributed by atoms with E-state index < -0.39 is 17.3 Å². The van der Waals surface area contributed by atoms with E-state index in [1.54, 1.807) is 32.0 Å². The molecule has 2 rings (SSSR count). The van der Waals surface area contributed by atoms with Gasteiger partial charge in [0.05, 0.1) is 21.9 Å². The van der Waals surface area contributed by atoms with Gasteiger partial charge < -0.3 is 10.0 Å². The van der Waals surface area contributed by atoms with Crippen LogP contribution in [0.2, 0.25) is 5.02 Å². The van der Waals surface area contributed by atoms with Crippen LogP contribution in [0.4, 0.5) is 5.69 Å². The third-order valence-corrected chi connectivity index (χ3v) is 3.21. The van der Waals surface area contributed by atoms with E-state index in [1.807, 2.05) is 0 Å². The van der Waals surface area contributed by atoms with Gasteiger partial charge in [-0.1, -0.05) is 17.7 Å². The minimum absolute atomic E-state index is 0.264. The first-order chi connectivity index (χ1) is 8.31. The van der Waals surface area contributed by atoms with Gasteiger partial charge in [0, 0.05) is 6.54 Å². The van der Waals surface area contributed by atoms with Gasteiger partial charge in [-0.05, 0) is 32.4 Å². The molecule has 0 saturated carbocycles. The van der Waals surface area contributed by atoms with Crippen molar-refractivity contribution in [1.82, 2.24) is 0 Å². The smallest absolute Gasteiger partial charge is 0.299 e. The zero-order valence-corrected chi connectivity index (χ0v) is 11.0. The second-order valence-corrected chi connectivity index (χ2v) is 5.39. The molecule has 18 heavy (non-hydrogen) atoms. The fourth-order valence-corrected chi connectivity index (χ4v) is 2.16. The maximum atomic E-state index is 11.9. The van der Waals surface area contributed by atoms with Crippen molar-refractivity contribution in [3.8, 4) is 0 Å². The Balaban J connectivity index is 2.32. The first-order valence-electron chi connectivity index (χ1n) is 5.68. The molecule has 0 radical (unpaired) electrons. The van der Waals surface area contributed by atoms with Crippen molar-refractivity contribution in [2.45, 2.75) is 25.9 Å². The maximum absolute atomic E-state index is 11.9. The van der Waals surface area contributed by atoms with Gasteiger partial charge in [-0.3, -0.25) is 9.59 Å². The summed E-state index contributed by atoms with van der Waals surface area (Å²) in [6.07, 6.45) is 0.387. The predicted molar refractivity (Wildman–Crippen MR) is 69.1 cm³/mol. The van der Waals surface area contributed by atoms with Crippen LogP contribution in [0.1, 0.15) is 30.6 Å². The number of ketones is 1. The van der Waals surface area contributed by atoms with E-state index in [-0.39, 0.29) is 10.6 Å². The number of anilines is 1. The Labute approximate surface area is 110 Å². The van der Waals surface area contributed by atoms with Gasteiger partial charge in [-0.2, -0.15) is 0 Å². The molecule has 1 aliphatic heterocycles. The molecule has 1 aromatic carbocycles. The number of nitrogens with zero attached hydrogens (tertiary/aromatic N) is 1. The van der Waals surface area contributed by atoms with Crippen LogP contribution in [-0.2, 0) is 4.79 Å². The van der Waals surface area contributed by atoms with Crippen LogP contribution in [0.5, 0.6) is 0 Å². The lowest BCUT2D eigenvalue weighted by Gasteiger charge is -2.22. The summed E-state index contributed by atoms with van der Waals surface area (Å²) in [5, 5.41) is 9.97. The molecule has 0 bridgehead atoms. The molecular weight excluding hydrogens is 254 g/mol. The van der Waals surface area contributed by atoms with Crippen molar-refractivity contribution in [3.63, 3.8) is 0 Å². The standard InChI is InChI=1S/C13H14ClNO3/c1-13(2,18)6-7-15-9-5-3-4-8(14)10(9)11(16)12(15)17/h3-5,18H,6-7H2,1-2H3. The molecule has 1 aliphatic rings. The number of carbonyl (C=O) groups excluding carboxylic acids is 2. The molecule has 5 heteroatoms. The van der Waals surface area contributed by atoms with E-state index >= 15 is 0 Å². The highest BCUT2D eigenvalue weighted by atomic mass is 35.5. The summed E-state index contributed by atoms with van der Waals surface area (Å²) in [5.41, 5.74) is -0.0911. The lowest BCUT2D eigenvalue weighted by atomic mass is 10.1. The minimum Gasteiger partial charge on any atom is -0.390 e. The molecule has 0 fully saturated rings. The number of carbonyl (C=O) groups is 2. The average molecular weight is 268 g/mol. The van der Waals surface area contributed by atoms with Crippen molar-refractivity contribution in [2.75, 3.05) is 11.4 Å². The monoisotopic (exact) mass is 267 g/mol. The lowest BCUT2D eigenvalue weighted by Crippen LogP contribution is -2.34. The highest BCUT2D eigenvalue weighted by Gasteiger charge is 2.37. The third kappa shape index (κ3) is 2.26. The van der Waals surface area contributed by atoms with Crippen molar-refractivity contribution in [2.24, 2.45) is 0 Å². The van der Waals surface area contributed by atoms with Crippen LogP contribution in [-0.4, -0.2) is 28.9 Å². The van der Waals surface area contributed by atoms with E-state index in [4.69, 9.17) is 11.6 Å². The maximum Gasteiger partial charge on any atom is 0.299 e. The van der Waals surface area contributed by atoms with Crippen LogP contribution in [0.15, 0.2) is 18.2 Å². The zero-order chi connectivity index (χ0) is 13.5. The van der Waals surface area contributed by atoms with Gasteiger partial charge in [0.15, 0.2) is 0 Å². The normalized spacial score (nSPS) is 15.2. The highest BCUT2D eigenvalue weighted by molar-refractivity contribution is 6.55. The van der Waals surface area contributed by atoms with Gasteiger partial charge >= 0.3 is 0 Å². The number of benzene rings is 1. The molecule has 0 saturated heterocycles. The van der Waals surface area contributed by atoms with Gasteiger partial charge in [0.25, 0.3) is 11.7 Å². The number of Topliss-reactive ketones (excluding diaryl/α,β-unsaturated/α-hetero) is 1. The minimum atomic E-state index is -0.884. The topological polar surface area (TPSA) is 57.6 Å².